The molecule has 0 unspecified atom stereocenters. The summed E-state index contributed by atoms with van der Waals surface area (Å²) in [6.07, 6.45) is 5.69. The first kappa shape index (κ1) is 24.4. The van der Waals surface area contributed by atoms with Crippen molar-refractivity contribution in [2.75, 3.05) is 0 Å². The topological polar surface area (TPSA) is 77.8 Å². The summed E-state index contributed by atoms with van der Waals surface area (Å²) in [6.45, 7) is 15.5. The lowest BCUT2D eigenvalue weighted by Gasteiger charge is -2.64. The first-order valence-corrected chi connectivity index (χ1v) is 13.2. The van der Waals surface area contributed by atoms with E-state index in [9.17, 15) is 20.1 Å². The molecule has 4 aliphatic rings. The standard InChI is InChI=1S/C28H46O4/c1-16(2)17(3)7-8-18(4)21-9-10-22-20-14-25(31)28(32)15-19(29)13-24(30)27(28,6)23(20)11-12-26(21,22)5/h16,18-23,25,29,31-32H,3,7-15H2,1-2,4-6H3/t18-,19+,20+,21-,22+,23+,25-,26-,27+,28+/m1/s1. The van der Waals surface area contributed by atoms with Crippen LogP contribution in [0.2, 0.25) is 0 Å². The fourth-order valence-electron chi connectivity index (χ4n) is 8.98. The van der Waals surface area contributed by atoms with Crippen LogP contribution in [-0.4, -0.2) is 38.9 Å². The summed E-state index contributed by atoms with van der Waals surface area (Å²) < 4.78 is 0. The van der Waals surface area contributed by atoms with Crippen LogP contribution in [0.1, 0.15) is 92.4 Å². The van der Waals surface area contributed by atoms with Crippen molar-refractivity contribution in [1.29, 1.82) is 0 Å². The Balaban J connectivity index is 1.57. The number of fused-ring (bicyclic) bond motifs is 5. The van der Waals surface area contributed by atoms with Gasteiger partial charge in [-0.15, -0.1) is 0 Å². The normalized spacial score (nSPS) is 49.3. The molecule has 4 rings (SSSR count). The zero-order valence-corrected chi connectivity index (χ0v) is 20.9. The van der Waals surface area contributed by atoms with Gasteiger partial charge in [0.2, 0.25) is 0 Å². The van der Waals surface area contributed by atoms with Crippen molar-refractivity contribution in [3.63, 3.8) is 0 Å². The molecule has 32 heavy (non-hydrogen) atoms. The van der Waals surface area contributed by atoms with E-state index in [1.807, 2.05) is 6.92 Å². The van der Waals surface area contributed by atoms with Gasteiger partial charge in [0.1, 0.15) is 11.4 Å². The predicted octanol–water partition coefficient (Wildman–Crippen LogP) is 4.90. The molecular weight excluding hydrogens is 400 g/mol. The molecule has 0 saturated heterocycles. The quantitative estimate of drug-likeness (QED) is 0.525. The molecular formula is C28H46O4. The Morgan fingerprint density at radius 1 is 1.12 bits per heavy atom. The summed E-state index contributed by atoms with van der Waals surface area (Å²) in [5.41, 5.74) is -0.864. The molecule has 0 amide bonds. The van der Waals surface area contributed by atoms with Gasteiger partial charge in [-0.25, -0.2) is 0 Å². The zero-order chi connectivity index (χ0) is 23.6. The average molecular weight is 447 g/mol. The van der Waals surface area contributed by atoms with E-state index in [0.29, 0.717) is 30.1 Å². The number of carbonyl (C=O) groups excluding carboxylic acids is 1. The number of allylic oxidation sites excluding steroid dienone is 1. The smallest absolute Gasteiger partial charge is 0.144 e. The molecule has 0 heterocycles. The van der Waals surface area contributed by atoms with E-state index >= 15 is 0 Å². The second-order valence-electron chi connectivity index (χ2n) is 12.8. The van der Waals surface area contributed by atoms with Crippen molar-refractivity contribution >= 4 is 5.78 Å². The fraction of sp³-hybridized carbons (Fsp3) is 0.893. The highest BCUT2D eigenvalue weighted by atomic mass is 16.3. The molecule has 4 saturated carbocycles. The Morgan fingerprint density at radius 3 is 2.47 bits per heavy atom. The second-order valence-corrected chi connectivity index (χ2v) is 12.8. The lowest BCUT2D eigenvalue weighted by molar-refractivity contribution is -0.251. The lowest BCUT2D eigenvalue weighted by Crippen LogP contribution is -2.71. The van der Waals surface area contributed by atoms with Gasteiger partial charge in [0, 0.05) is 12.8 Å². The molecule has 3 N–H and O–H groups in total. The number of Topliss-reactive ketones (excluding diaryl/α,β-unsaturated/α-hetero) is 1. The van der Waals surface area contributed by atoms with E-state index in [0.717, 1.165) is 25.7 Å². The number of rotatable bonds is 5. The number of hydrogen-bond donors (Lipinski definition) is 3. The molecule has 0 radical (unpaired) electrons. The molecule has 182 valence electrons. The lowest BCUT2D eigenvalue weighted by atomic mass is 9.42. The van der Waals surface area contributed by atoms with Gasteiger partial charge >= 0.3 is 0 Å². The first-order chi connectivity index (χ1) is 14.9. The minimum atomic E-state index is -1.50. The summed E-state index contributed by atoms with van der Waals surface area (Å²) in [6, 6.07) is 0. The van der Waals surface area contributed by atoms with Crippen LogP contribution in [0.25, 0.3) is 0 Å². The predicted molar refractivity (Wildman–Crippen MR) is 127 cm³/mol. The summed E-state index contributed by atoms with van der Waals surface area (Å²) in [5.74, 6) is 2.68. The van der Waals surface area contributed by atoms with E-state index in [-0.39, 0.29) is 35.9 Å². The van der Waals surface area contributed by atoms with E-state index in [1.54, 1.807) is 0 Å². The maximum absolute atomic E-state index is 13.3. The van der Waals surface area contributed by atoms with Gasteiger partial charge in [-0.05, 0) is 92.8 Å². The van der Waals surface area contributed by atoms with Gasteiger partial charge in [0.25, 0.3) is 0 Å². The molecule has 0 aromatic rings. The number of aliphatic hydroxyl groups excluding tert-OH is 2. The van der Waals surface area contributed by atoms with Crippen LogP contribution in [-0.2, 0) is 4.79 Å². The Bertz CT molecular complexity index is 761. The fourth-order valence-corrected chi connectivity index (χ4v) is 8.98. The third-order valence-electron chi connectivity index (χ3n) is 11.2. The summed E-state index contributed by atoms with van der Waals surface area (Å²) in [7, 11) is 0. The van der Waals surface area contributed by atoms with Crippen molar-refractivity contribution in [2.45, 2.75) is 110 Å². The van der Waals surface area contributed by atoms with E-state index in [4.69, 9.17) is 0 Å². The van der Waals surface area contributed by atoms with Crippen LogP contribution in [0.4, 0.5) is 0 Å². The third kappa shape index (κ3) is 3.38. The molecule has 4 nitrogen and oxygen atoms in total. The van der Waals surface area contributed by atoms with Crippen LogP contribution in [0, 0.1) is 46.3 Å². The molecule has 10 atom stereocenters. The van der Waals surface area contributed by atoms with Crippen LogP contribution in [0.5, 0.6) is 0 Å². The number of ketones is 1. The number of aliphatic hydroxyl groups is 3. The Kier molecular flexibility index (Phi) is 6.26. The highest BCUT2D eigenvalue weighted by Gasteiger charge is 2.70. The third-order valence-corrected chi connectivity index (χ3v) is 11.2. The Hall–Kier alpha value is -0.710. The molecule has 0 bridgehead atoms. The van der Waals surface area contributed by atoms with Crippen LogP contribution >= 0.6 is 0 Å². The van der Waals surface area contributed by atoms with E-state index < -0.39 is 23.2 Å². The Morgan fingerprint density at radius 2 is 1.81 bits per heavy atom. The minimum Gasteiger partial charge on any atom is -0.393 e. The van der Waals surface area contributed by atoms with Crippen LogP contribution in [0.15, 0.2) is 12.2 Å². The maximum Gasteiger partial charge on any atom is 0.144 e. The molecule has 4 heteroatoms. The van der Waals surface area contributed by atoms with Crippen LogP contribution in [0.3, 0.4) is 0 Å². The van der Waals surface area contributed by atoms with Gasteiger partial charge in [-0.2, -0.15) is 0 Å². The number of carbonyl (C=O) groups is 1. The molecule has 0 aromatic carbocycles. The van der Waals surface area contributed by atoms with E-state index in [2.05, 4.69) is 34.3 Å². The van der Waals surface area contributed by atoms with Crippen molar-refractivity contribution < 1.29 is 20.1 Å². The molecule has 0 spiro atoms. The summed E-state index contributed by atoms with van der Waals surface area (Å²) in [4.78, 5) is 13.3. The van der Waals surface area contributed by atoms with Gasteiger partial charge in [0.05, 0.1) is 17.6 Å². The minimum absolute atomic E-state index is 0.0498. The van der Waals surface area contributed by atoms with Gasteiger partial charge < -0.3 is 15.3 Å². The highest BCUT2D eigenvalue weighted by Crippen LogP contribution is 2.68. The molecule has 4 aliphatic carbocycles. The van der Waals surface area contributed by atoms with Gasteiger partial charge in [-0.3, -0.25) is 4.79 Å². The number of hydrogen-bond acceptors (Lipinski definition) is 4. The monoisotopic (exact) mass is 446 g/mol. The molecule has 0 aromatic heterocycles. The van der Waals surface area contributed by atoms with Crippen molar-refractivity contribution in [2.24, 2.45) is 46.3 Å². The van der Waals surface area contributed by atoms with E-state index in [1.165, 1.54) is 18.4 Å². The van der Waals surface area contributed by atoms with Gasteiger partial charge in [0.15, 0.2) is 0 Å². The largest absolute Gasteiger partial charge is 0.393 e. The SMILES string of the molecule is C=C(CC[C@@H](C)[C@H]1CC[C@H]2[C@@H]3C[C@@H](O)[C@@]4(O)C[C@@H](O)CC(=O)[C@]4(C)[C@H]3CC[C@]12C)C(C)C. The van der Waals surface area contributed by atoms with Crippen molar-refractivity contribution in [3.8, 4) is 0 Å². The average Bonchev–Trinajstić information content (AvgIpc) is 3.06. The second kappa shape index (κ2) is 8.20. The van der Waals surface area contributed by atoms with Gasteiger partial charge in [-0.1, -0.05) is 39.8 Å². The summed E-state index contributed by atoms with van der Waals surface area (Å²) >= 11 is 0. The summed E-state index contributed by atoms with van der Waals surface area (Å²) in [5, 5.41) is 33.0. The molecule has 0 aliphatic heterocycles. The Labute approximate surface area is 194 Å². The highest BCUT2D eigenvalue weighted by molar-refractivity contribution is 5.88. The van der Waals surface area contributed by atoms with Crippen molar-refractivity contribution in [1.82, 2.24) is 0 Å². The zero-order valence-electron chi connectivity index (χ0n) is 20.9. The maximum atomic E-state index is 13.3. The van der Waals surface area contributed by atoms with Crippen molar-refractivity contribution in [3.05, 3.63) is 12.2 Å². The first-order valence-electron chi connectivity index (χ1n) is 13.2. The van der Waals surface area contributed by atoms with Crippen LogP contribution < -0.4 is 0 Å². The molecule has 4 fully saturated rings.